The van der Waals surface area contributed by atoms with Gasteiger partial charge in [0.25, 0.3) is 0 Å². The van der Waals surface area contributed by atoms with E-state index in [9.17, 15) is 9.90 Å². The molecule has 38 heavy (non-hydrogen) atoms. The van der Waals surface area contributed by atoms with E-state index in [0.717, 1.165) is 38.4 Å². The second-order valence-electron chi connectivity index (χ2n) is 9.36. The lowest BCUT2D eigenvalue weighted by atomic mass is 10.1. The van der Waals surface area contributed by atoms with E-state index in [1.54, 1.807) is 24.4 Å². The van der Waals surface area contributed by atoms with Crippen molar-refractivity contribution in [2.24, 2.45) is 0 Å². The Morgan fingerprint density at radius 1 is 1.03 bits per heavy atom. The standard InChI is InChI=1S/C28H27Cl2N5O2.CH4/c1-17(36)21-15-31-25-8-7-24(19-13-22(29)28(37)23(30)14-19)33-27(25)26(21)32-20-5-3-18(4-6-20)16-35-11-9-34(2)10-12-35;/h3-8,13-15,37H,9-12,16H2,1-2H3,(H,31,32);1H4. The van der Waals surface area contributed by atoms with Crippen molar-refractivity contribution in [3.8, 4) is 17.0 Å². The molecule has 1 fully saturated rings. The lowest BCUT2D eigenvalue weighted by Gasteiger charge is -2.32. The fraction of sp³-hybridized carbons (Fsp3) is 0.276. The molecule has 9 heteroatoms. The summed E-state index contributed by atoms with van der Waals surface area (Å²) in [5.74, 6) is -0.293. The zero-order chi connectivity index (χ0) is 26.1. The maximum atomic E-state index is 12.5. The van der Waals surface area contributed by atoms with Crippen molar-refractivity contribution in [3.63, 3.8) is 0 Å². The highest BCUT2D eigenvalue weighted by Crippen LogP contribution is 2.37. The molecule has 2 aromatic heterocycles. The molecule has 3 heterocycles. The second kappa shape index (κ2) is 11.7. The van der Waals surface area contributed by atoms with Crippen LogP contribution in [0, 0.1) is 0 Å². The summed E-state index contributed by atoms with van der Waals surface area (Å²) in [5.41, 5.74) is 5.53. The Kier molecular flexibility index (Phi) is 8.53. The molecule has 1 aliphatic heterocycles. The highest BCUT2D eigenvalue weighted by atomic mass is 35.5. The number of hydrogen-bond donors (Lipinski definition) is 2. The van der Waals surface area contributed by atoms with Crippen LogP contribution in [-0.2, 0) is 6.54 Å². The number of anilines is 2. The number of phenols is 1. The SMILES string of the molecule is C.CC(=O)c1cnc2ccc(-c3cc(Cl)c(O)c(Cl)c3)nc2c1Nc1ccc(CN2CCN(C)CC2)cc1. The molecule has 4 aromatic rings. The number of aromatic nitrogens is 2. The van der Waals surface area contributed by atoms with Crippen LogP contribution in [0.1, 0.15) is 30.3 Å². The van der Waals surface area contributed by atoms with Crippen molar-refractivity contribution in [2.75, 3.05) is 38.5 Å². The highest BCUT2D eigenvalue weighted by molar-refractivity contribution is 6.37. The molecule has 0 radical (unpaired) electrons. The van der Waals surface area contributed by atoms with Gasteiger partial charge in [-0.05, 0) is 55.9 Å². The number of carbonyl (C=O) groups is 1. The molecule has 1 aliphatic rings. The number of nitrogens with zero attached hydrogens (tertiary/aromatic N) is 4. The van der Waals surface area contributed by atoms with E-state index in [1.807, 2.05) is 18.2 Å². The normalized spacial score (nSPS) is 14.3. The molecule has 7 nitrogen and oxygen atoms in total. The minimum atomic E-state index is -0.174. The van der Waals surface area contributed by atoms with Gasteiger partial charge in [0.1, 0.15) is 5.52 Å². The summed E-state index contributed by atoms with van der Waals surface area (Å²) < 4.78 is 0. The largest absolute Gasteiger partial charge is 0.505 e. The number of aromatic hydroxyl groups is 1. The summed E-state index contributed by atoms with van der Waals surface area (Å²) in [6.07, 6.45) is 1.57. The summed E-state index contributed by atoms with van der Waals surface area (Å²) in [6.45, 7) is 6.71. The van der Waals surface area contributed by atoms with Gasteiger partial charge in [0.2, 0.25) is 0 Å². The number of nitrogens with one attached hydrogen (secondary N) is 1. The molecular weight excluding hydrogens is 521 g/mol. The minimum absolute atomic E-state index is 0. The van der Waals surface area contributed by atoms with Crippen LogP contribution in [0.5, 0.6) is 5.75 Å². The smallest absolute Gasteiger partial charge is 0.163 e. The quantitative estimate of drug-likeness (QED) is 0.260. The van der Waals surface area contributed by atoms with Crippen LogP contribution in [0.4, 0.5) is 11.4 Å². The van der Waals surface area contributed by atoms with Gasteiger partial charge in [-0.15, -0.1) is 0 Å². The Bertz CT molecular complexity index is 1450. The Balaban J connectivity index is 0.00000336. The third-order valence-corrected chi connectivity index (χ3v) is 7.21. The lowest BCUT2D eigenvalue weighted by molar-refractivity contribution is 0.101. The minimum Gasteiger partial charge on any atom is -0.505 e. The number of carbonyl (C=O) groups excluding carboxylic acids is 1. The predicted molar refractivity (Wildman–Crippen MR) is 156 cm³/mol. The number of likely N-dealkylation sites (N-methyl/N-ethyl adjacent to an activating group) is 1. The number of hydrogen-bond acceptors (Lipinski definition) is 7. The molecule has 198 valence electrons. The van der Waals surface area contributed by atoms with Gasteiger partial charge in [0, 0.05) is 50.2 Å². The Hall–Kier alpha value is -3.23. The number of pyridine rings is 2. The molecule has 0 bridgehead atoms. The average molecular weight is 553 g/mol. The number of benzene rings is 2. The predicted octanol–water partition coefficient (Wildman–Crippen LogP) is 6.64. The molecule has 0 amide bonds. The summed E-state index contributed by atoms with van der Waals surface area (Å²) in [6, 6.07) is 15.1. The number of piperazine rings is 1. The average Bonchev–Trinajstić information content (AvgIpc) is 2.89. The lowest BCUT2D eigenvalue weighted by Crippen LogP contribution is -2.43. The monoisotopic (exact) mass is 551 g/mol. The van der Waals surface area contributed by atoms with E-state index < -0.39 is 0 Å². The van der Waals surface area contributed by atoms with Crippen molar-refractivity contribution < 1.29 is 9.90 Å². The molecule has 5 rings (SSSR count). The molecule has 0 atom stereocenters. The number of halogens is 2. The van der Waals surface area contributed by atoms with Crippen LogP contribution in [-0.4, -0.2) is 63.9 Å². The summed E-state index contributed by atoms with van der Waals surface area (Å²) in [5, 5.41) is 13.6. The van der Waals surface area contributed by atoms with Crippen LogP contribution in [0.3, 0.4) is 0 Å². The van der Waals surface area contributed by atoms with Gasteiger partial charge in [0.15, 0.2) is 11.5 Å². The van der Waals surface area contributed by atoms with Gasteiger partial charge in [0.05, 0.1) is 32.5 Å². The zero-order valence-electron chi connectivity index (χ0n) is 20.6. The molecule has 0 saturated carbocycles. The number of fused-ring (bicyclic) bond motifs is 1. The van der Waals surface area contributed by atoms with Crippen LogP contribution >= 0.6 is 23.2 Å². The van der Waals surface area contributed by atoms with Gasteiger partial charge in [-0.3, -0.25) is 14.7 Å². The second-order valence-corrected chi connectivity index (χ2v) is 10.2. The van der Waals surface area contributed by atoms with Gasteiger partial charge in [-0.1, -0.05) is 42.8 Å². The third kappa shape index (κ3) is 5.92. The van der Waals surface area contributed by atoms with Gasteiger partial charge in [-0.2, -0.15) is 0 Å². The first-order valence-electron chi connectivity index (χ1n) is 12.0. The van der Waals surface area contributed by atoms with E-state index in [4.69, 9.17) is 28.2 Å². The fourth-order valence-corrected chi connectivity index (χ4v) is 4.92. The summed E-state index contributed by atoms with van der Waals surface area (Å²) in [4.78, 5) is 26.6. The Morgan fingerprint density at radius 3 is 2.32 bits per heavy atom. The molecule has 2 N–H and O–H groups in total. The molecule has 0 unspecified atom stereocenters. The first-order chi connectivity index (χ1) is 17.8. The van der Waals surface area contributed by atoms with Crippen LogP contribution in [0.2, 0.25) is 10.0 Å². The first kappa shape index (κ1) is 27.8. The fourth-order valence-electron chi connectivity index (χ4n) is 4.44. The number of rotatable bonds is 6. The summed E-state index contributed by atoms with van der Waals surface area (Å²) >= 11 is 12.3. The molecule has 0 aliphatic carbocycles. The maximum absolute atomic E-state index is 12.5. The molecular formula is C29H31Cl2N5O2. The van der Waals surface area contributed by atoms with Crippen LogP contribution in [0.25, 0.3) is 22.3 Å². The van der Waals surface area contributed by atoms with Crippen molar-refractivity contribution in [1.82, 2.24) is 19.8 Å². The van der Waals surface area contributed by atoms with Gasteiger partial charge < -0.3 is 15.3 Å². The topological polar surface area (TPSA) is 81.6 Å². The zero-order valence-corrected chi connectivity index (χ0v) is 22.1. The molecule has 0 spiro atoms. The number of ketones is 1. The van der Waals surface area contributed by atoms with Crippen molar-refractivity contribution >= 4 is 51.4 Å². The summed E-state index contributed by atoms with van der Waals surface area (Å²) in [7, 11) is 2.16. The van der Waals surface area contributed by atoms with Crippen LogP contribution in [0.15, 0.2) is 54.7 Å². The van der Waals surface area contributed by atoms with Crippen molar-refractivity contribution in [3.05, 3.63) is 75.9 Å². The van der Waals surface area contributed by atoms with E-state index in [0.29, 0.717) is 33.5 Å². The van der Waals surface area contributed by atoms with Crippen molar-refractivity contribution in [1.29, 1.82) is 0 Å². The number of Topliss-reactive ketones (excluding diaryl/α,β-unsaturated/α-hetero) is 1. The van der Waals surface area contributed by atoms with E-state index in [-0.39, 0.29) is 29.0 Å². The van der Waals surface area contributed by atoms with Crippen LogP contribution < -0.4 is 5.32 Å². The maximum Gasteiger partial charge on any atom is 0.163 e. The van der Waals surface area contributed by atoms with Crippen molar-refractivity contribution in [2.45, 2.75) is 20.9 Å². The Labute approximate surface area is 233 Å². The highest BCUT2D eigenvalue weighted by Gasteiger charge is 2.17. The number of phenolic OH excluding ortho intramolecular Hbond substituents is 1. The van der Waals surface area contributed by atoms with E-state index in [1.165, 1.54) is 12.5 Å². The first-order valence-corrected chi connectivity index (χ1v) is 12.8. The van der Waals surface area contributed by atoms with E-state index in [2.05, 4.69) is 39.3 Å². The molecule has 1 saturated heterocycles. The Morgan fingerprint density at radius 2 is 1.68 bits per heavy atom. The van der Waals surface area contributed by atoms with Gasteiger partial charge >= 0.3 is 0 Å². The van der Waals surface area contributed by atoms with Gasteiger partial charge in [-0.25, -0.2) is 4.98 Å². The third-order valence-electron chi connectivity index (χ3n) is 6.63. The van der Waals surface area contributed by atoms with E-state index >= 15 is 0 Å². The molecule has 2 aromatic carbocycles.